The normalized spacial score (nSPS) is 13.9. The standard InChI is InChI=1S/C79H149N2O6P/c1-6-8-10-12-14-16-18-20-22-24-26-28-30-32-33-34-35-36-37-38-39-40-41-42-43-44-45-46-47-49-51-53-55-57-59-61-63-65-67-69-71-73-79(83)80-77(76-87-88(84,85)86-75-74-81(3,4)5)78(82)72-70-68-66-64-62-60-58-56-54-52-50-48-31-29-27-25-23-21-19-17-15-13-11-9-7-2/h8,10,14,16,20,22,26,28,32-33,35-36,77-78,82H,6-7,9,11-13,15,17-19,21,23-25,27,29-31,34,37-76H2,1-5H3,(H-,80,83,84,85)/p+1/b10-8-,16-14-,22-20-,28-26-,33-32-,36-35-. The van der Waals surface area contributed by atoms with Crippen LogP contribution in [0.4, 0.5) is 0 Å². The number of carbonyl (C=O) groups excluding carboxylic acids is 1. The Balaban J connectivity index is 3.92. The third kappa shape index (κ3) is 71.4. The molecule has 0 aliphatic heterocycles. The second kappa shape index (κ2) is 69.3. The average Bonchev–Trinajstić information content (AvgIpc) is 3.71. The summed E-state index contributed by atoms with van der Waals surface area (Å²) in [6.45, 7) is 4.83. The van der Waals surface area contributed by atoms with Crippen LogP contribution in [0.3, 0.4) is 0 Å². The molecule has 3 atom stereocenters. The summed E-state index contributed by atoms with van der Waals surface area (Å²) in [5, 5.41) is 14.2. The lowest BCUT2D eigenvalue weighted by Crippen LogP contribution is -2.46. The predicted octanol–water partition coefficient (Wildman–Crippen LogP) is 24.9. The van der Waals surface area contributed by atoms with E-state index >= 15 is 0 Å². The van der Waals surface area contributed by atoms with E-state index in [0.717, 1.165) is 77.0 Å². The zero-order valence-electron chi connectivity index (χ0n) is 59.2. The molecule has 3 N–H and O–H groups in total. The van der Waals surface area contributed by atoms with Crippen molar-refractivity contribution in [2.75, 3.05) is 40.9 Å². The highest BCUT2D eigenvalue weighted by molar-refractivity contribution is 7.47. The summed E-state index contributed by atoms with van der Waals surface area (Å²) in [7, 11) is 1.63. The number of likely N-dealkylation sites (N-methyl/N-ethyl adjacent to an activating group) is 1. The van der Waals surface area contributed by atoms with E-state index in [1.807, 2.05) is 21.1 Å². The minimum Gasteiger partial charge on any atom is -0.391 e. The van der Waals surface area contributed by atoms with Gasteiger partial charge in [0.15, 0.2) is 0 Å². The first-order valence-electron chi connectivity index (χ1n) is 38.3. The van der Waals surface area contributed by atoms with Crippen LogP contribution in [-0.4, -0.2) is 73.4 Å². The number of unbranched alkanes of at least 4 members (excludes halogenated alkanes) is 46. The van der Waals surface area contributed by atoms with Crippen LogP contribution in [0.5, 0.6) is 0 Å². The van der Waals surface area contributed by atoms with Crippen LogP contribution < -0.4 is 5.32 Å². The van der Waals surface area contributed by atoms with Crippen molar-refractivity contribution < 1.29 is 32.9 Å². The van der Waals surface area contributed by atoms with Crippen molar-refractivity contribution in [2.24, 2.45) is 0 Å². The molecule has 88 heavy (non-hydrogen) atoms. The number of nitrogens with zero attached hydrogens (tertiary/aromatic N) is 1. The van der Waals surface area contributed by atoms with Gasteiger partial charge in [0, 0.05) is 6.42 Å². The van der Waals surface area contributed by atoms with E-state index < -0.39 is 20.0 Å². The van der Waals surface area contributed by atoms with Crippen LogP contribution in [0.25, 0.3) is 0 Å². The molecule has 0 aromatic carbocycles. The van der Waals surface area contributed by atoms with Gasteiger partial charge in [0.25, 0.3) is 0 Å². The number of quaternary nitrogens is 1. The van der Waals surface area contributed by atoms with Crippen LogP contribution in [0, 0.1) is 0 Å². The molecular formula is C79H150N2O6P+. The summed E-state index contributed by atoms with van der Waals surface area (Å²) in [4.78, 5) is 23.5. The number of phosphoric ester groups is 1. The van der Waals surface area contributed by atoms with E-state index in [2.05, 4.69) is 92.1 Å². The van der Waals surface area contributed by atoms with Gasteiger partial charge in [-0.2, -0.15) is 0 Å². The Morgan fingerprint density at radius 2 is 0.682 bits per heavy atom. The molecule has 516 valence electrons. The van der Waals surface area contributed by atoms with Gasteiger partial charge in [-0.15, -0.1) is 0 Å². The average molecular weight is 1260 g/mol. The molecule has 0 saturated heterocycles. The highest BCUT2D eigenvalue weighted by atomic mass is 31.2. The zero-order chi connectivity index (χ0) is 64.1. The van der Waals surface area contributed by atoms with Crippen LogP contribution in [0.1, 0.15) is 373 Å². The van der Waals surface area contributed by atoms with Crippen molar-refractivity contribution in [3.05, 3.63) is 72.9 Å². The molecule has 9 heteroatoms. The minimum absolute atomic E-state index is 0.0758. The number of hydrogen-bond donors (Lipinski definition) is 3. The van der Waals surface area contributed by atoms with Gasteiger partial charge >= 0.3 is 7.82 Å². The van der Waals surface area contributed by atoms with Crippen molar-refractivity contribution in [1.29, 1.82) is 0 Å². The maximum Gasteiger partial charge on any atom is 0.472 e. The minimum atomic E-state index is -4.33. The van der Waals surface area contributed by atoms with Crippen molar-refractivity contribution in [1.82, 2.24) is 5.32 Å². The van der Waals surface area contributed by atoms with Crippen molar-refractivity contribution in [3.8, 4) is 0 Å². The van der Waals surface area contributed by atoms with Gasteiger partial charge in [-0.05, 0) is 64.2 Å². The lowest BCUT2D eigenvalue weighted by molar-refractivity contribution is -0.870. The first-order valence-corrected chi connectivity index (χ1v) is 39.8. The number of aliphatic hydroxyl groups excluding tert-OH is 1. The fraction of sp³-hybridized carbons (Fsp3) is 0.835. The molecule has 3 unspecified atom stereocenters. The zero-order valence-corrected chi connectivity index (χ0v) is 60.1. The molecule has 0 heterocycles. The van der Waals surface area contributed by atoms with E-state index in [-0.39, 0.29) is 19.1 Å². The van der Waals surface area contributed by atoms with Crippen molar-refractivity contribution in [2.45, 2.75) is 386 Å². The molecule has 0 aliphatic carbocycles. The summed E-state index contributed by atoms with van der Waals surface area (Å²) >= 11 is 0. The summed E-state index contributed by atoms with van der Waals surface area (Å²) in [6.07, 6.45) is 97.5. The molecule has 0 saturated carbocycles. The van der Waals surface area contributed by atoms with Gasteiger partial charge in [-0.3, -0.25) is 13.8 Å². The predicted molar refractivity (Wildman–Crippen MR) is 387 cm³/mol. The highest BCUT2D eigenvalue weighted by Gasteiger charge is 2.28. The first-order chi connectivity index (χ1) is 43.0. The number of hydrogen-bond acceptors (Lipinski definition) is 5. The number of nitrogens with one attached hydrogen (secondary N) is 1. The SMILES string of the molecule is CC/C=C\C/C=C\C/C=C\C/C=C\C/C=C\C/C=C\CCCCCCCCCCCCCCCCCCCCCCCCC(=O)NC(COP(=O)(O)OCC[N+](C)(C)C)C(O)CCCCCCCCCCCCCCCCCCCCCCCCCCC. The summed E-state index contributed by atoms with van der Waals surface area (Å²) in [6, 6.07) is -0.762. The number of phosphoric acid groups is 1. The summed E-state index contributed by atoms with van der Waals surface area (Å²) in [5.74, 6) is -0.137. The lowest BCUT2D eigenvalue weighted by atomic mass is 10.0. The number of rotatable bonds is 71. The monoisotopic (exact) mass is 1250 g/mol. The molecule has 0 aromatic heterocycles. The highest BCUT2D eigenvalue weighted by Crippen LogP contribution is 2.43. The third-order valence-electron chi connectivity index (χ3n) is 17.5. The number of aliphatic hydroxyl groups is 1. The second-order valence-corrected chi connectivity index (χ2v) is 28.8. The van der Waals surface area contributed by atoms with Crippen LogP contribution >= 0.6 is 7.82 Å². The molecule has 0 spiro atoms. The number of allylic oxidation sites excluding steroid dienone is 12. The Morgan fingerprint density at radius 1 is 0.398 bits per heavy atom. The Bertz CT molecular complexity index is 1670. The molecule has 1 amide bonds. The Morgan fingerprint density at radius 3 is 1.00 bits per heavy atom. The van der Waals surface area contributed by atoms with Gasteiger partial charge in [0.1, 0.15) is 13.2 Å². The van der Waals surface area contributed by atoms with E-state index in [1.54, 1.807) is 0 Å². The van der Waals surface area contributed by atoms with Gasteiger partial charge in [-0.1, -0.05) is 376 Å². The molecule has 0 fully saturated rings. The Labute approximate surface area is 548 Å². The molecule has 0 bridgehead atoms. The lowest BCUT2D eigenvalue weighted by Gasteiger charge is -2.26. The largest absolute Gasteiger partial charge is 0.472 e. The summed E-state index contributed by atoms with van der Waals surface area (Å²) in [5.41, 5.74) is 0. The van der Waals surface area contributed by atoms with Gasteiger partial charge in [0.05, 0.1) is 39.9 Å². The second-order valence-electron chi connectivity index (χ2n) is 27.4. The topological polar surface area (TPSA) is 105 Å². The first kappa shape index (κ1) is 85.9. The van der Waals surface area contributed by atoms with Crippen molar-refractivity contribution in [3.63, 3.8) is 0 Å². The third-order valence-corrected chi connectivity index (χ3v) is 18.5. The maximum absolute atomic E-state index is 13.1. The van der Waals surface area contributed by atoms with Crippen LogP contribution in [0.15, 0.2) is 72.9 Å². The Hall–Kier alpha value is -2.06. The van der Waals surface area contributed by atoms with Gasteiger partial charge in [0.2, 0.25) is 5.91 Å². The van der Waals surface area contributed by atoms with Crippen molar-refractivity contribution >= 4 is 13.7 Å². The molecule has 8 nitrogen and oxygen atoms in total. The number of carbonyl (C=O) groups is 1. The maximum atomic E-state index is 13.1. The smallest absolute Gasteiger partial charge is 0.391 e. The molecule has 0 aromatic rings. The van der Waals surface area contributed by atoms with E-state index in [1.165, 1.54) is 270 Å². The van der Waals surface area contributed by atoms with Crippen LogP contribution in [-0.2, 0) is 18.4 Å². The van der Waals surface area contributed by atoms with Gasteiger partial charge < -0.3 is 19.8 Å². The fourth-order valence-corrected chi connectivity index (χ4v) is 12.3. The van der Waals surface area contributed by atoms with E-state index in [4.69, 9.17) is 9.05 Å². The molecule has 0 aliphatic rings. The molecule has 0 radical (unpaired) electrons. The van der Waals surface area contributed by atoms with E-state index in [0.29, 0.717) is 23.9 Å². The van der Waals surface area contributed by atoms with E-state index in [9.17, 15) is 19.4 Å². The fourth-order valence-electron chi connectivity index (χ4n) is 11.6. The van der Waals surface area contributed by atoms with Crippen LogP contribution in [0.2, 0.25) is 0 Å². The quantitative estimate of drug-likeness (QED) is 0.0243. The number of amides is 1. The Kier molecular flexibility index (Phi) is 67.7. The molecular weight excluding hydrogens is 1100 g/mol. The molecule has 0 rings (SSSR count). The summed E-state index contributed by atoms with van der Waals surface area (Å²) < 4.78 is 23.9. The van der Waals surface area contributed by atoms with Gasteiger partial charge in [-0.25, -0.2) is 4.57 Å².